The molecule has 1 heterocycles. The van der Waals surface area contributed by atoms with Gasteiger partial charge in [-0.15, -0.1) is 0 Å². The molecule has 1 amide bonds. The standard InChI is InChI=1S/C15H18ClN3O2/c1-9(2)12-7-13(19-18-12)15(21)17-8-14(20)10-3-5-11(16)6-4-10/h3-7,9,14,20H,8H2,1-2H3,(H,17,21)(H,18,19). The van der Waals surface area contributed by atoms with Crippen LogP contribution < -0.4 is 5.32 Å². The number of aliphatic hydroxyl groups is 1. The Bertz CT molecular complexity index is 608. The first-order valence-corrected chi connectivity index (χ1v) is 7.12. The number of nitrogens with zero attached hydrogens (tertiary/aromatic N) is 1. The van der Waals surface area contributed by atoms with Crippen LogP contribution in [0.2, 0.25) is 5.02 Å². The largest absolute Gasteiger partial charge is 0.387 e. The van der Waals surface area contributed by atoms with Gasteiger partial charge in [0.25, 0.3) is 5.91 Å². The quantitative estimate of drug-likeness (QED) is 0.794. The van der Waals surface area contributed by atoms with Crippen molar-refractivity contribution in [2.24, 2.45) is 0 Å². The first-order valence-electron chi connectivity index (χ1n) is 6.74. The lowest BCUT2D eigenvalue weighted by molar-refractivity contribution is 0.0911. The van der Waals surface area contributed by atoms with Crippen LogP contribution in [0.25, 0.3) is 0 Å². The van der Waals surface area contributed by atoms with Crippen LogP contribution in [-0.4, -0.2) is 27.8 Å². The van der Waals surface area contributed by atoms with Crippen LogP contribution in [0, 0.1) is 0 Å². The molecule has 0 aliphatic carbocycles. The molecule has 0 fully saturated rings. The molecular formula is C15H18ClN3O2. The number of aromatic amines is 1. The Labute approximate surface area is 128 Å². The van der Waals surface area contributed by atoms with Crippen LogP contribution in [0.1, 0.15) is 47.6 Å². The predicted octanol–water partition coefficient (Wildman–Crippen LogP) is 2.65. The highest BCUT2D eigenvalue weighted by Gasteiger charge is 2.14. The van der Waals surface area contributed by atoms with Crippen molar-refractivity contribution in [1.82, 2.24) is 15.5 Å². The Balaban J connectivity index is 1.92. The van der Waals surface area contributed by atoms with Crippen molar-refractivity contribution in [1.29, 1.82) is 0 Å². The van der Waals surface area contributed by atoms with E-state index >= 15 is 0 Å². The van der Waals surface area contributed by atoms with Crippen molar-refractivity contribution in [3.8, 4) is 0 Å². The molecule has 1 aromatic heterocycles. The monoisotopic (exact) mass is 307 g/mol. The third-order valence-corrected chi connectivity index (χ3v) is 3.42. The molecular weight excluding hydrogens is 290 g/mol. The van der Waals surface area contributed by atoms with E-state index in [-0.39, 0.29) is 18.4 Å². The number of amides is 1. The van der Waals surface area contributed by atoms with Gasteiger partial charge in [-0.05, 0) is 29.7 Å². The van der Waals surface area contributed by atoms with Gasteiger partial charge in [0.1, 0.15) is 5.69 Å². The fourth-order valence-electron chi connectivity index (χ4n) is 1.83. The molecule has 0 saturated heterocycles. The van der Waals surface area contributed by atoms with E-state index in [4.69, 9.17) is 11.6 Å². The summed E-state index contributed by atoms with van der Waals surface area (Å²) in [6, 6.07) is 8.57. The summed E-state index contributed by atoms with van der Waals surface area (Å²) in [6.07, 6.45) is -0.783. The number of nitrogens with one attached hydrogen (secondary N) is 2. The number of halogens is 1. The molecule has 112 valence electrons. The SMILES string of the molecule is CC(C)c1cc(C(=O)NCC(O)c2ccc(Cl)cc2)n[nH]1. The number of carbonyl (C=O) groups excluding carboxylic acids is 1. The van der Waals surface area contributed by atoms with Crippen molar-refractivity contribution < 1.29 is 9.90 Å². The molecule has 2 rings (SSSR count). The van der Waals surface area contributed by atoms with Crippen LogP contribution in [0.15, 0.2) is 30.3 Å². The van der Waals surface area contributed by atoms with E-state index in [1.165, 1.54) is 0 Å². The van der Waals surface area contributed by atoms with E-state index in [9.17, 15) is 9.90 Å². The van der Waals surface area contributed by atoms with E-state index in [1.807, 2.05) is 13.8 Å². The fourth-order valence-corrected chi connectivity index (χ4v) is 1.96. The number of benzene rings is 1. The molecule has 3 N–H and O–H groups in total. The average Bonchev–Trinajstić information content (AvgIpc) is 2.95. The van der Waals surface area contributed by atoms with E-state index < -0.39 is 6.10 Å². The van der Waals surface area contributed by atoms with Gasteiger partial charge in [0.15, 0.2) is 0 Å². The van der Waals surface area contributed by atoms with Gasteiger partial charge >= 0.3 is 0 Å². The third-order valence-electron chi connectivity index (χ3n) is 3.16. The van der Waals surface area contributed by atoms with Crippen molar-refractivity contribution in [2.75, 3.05) is 6.54 Å². The van der Waals surface area contributed by atoms with Crippen LogP contribution in [0.5, 0.6) is 0 Å². The van der Waals surface area contributed by atoms with E-state index in [0.717, 1.165) is 5.69 Å². The number of H-pyrrole nitrogens is 1. The van der Waals surface area contributed by atoms with Gasteiger partial charge in [-0.2, -0.15) is 5.10 Å². The first-order chi connectivity index (χ1) is 9.97. The lowest BCUT2D eigenvalue weighted by Crippen LogP contribution is -2.28. The number of carbonyl (C=O) groups is 1. The number of aliphatic hydroxyl groups excluding tert-OH is 1. The van der Waals surface area contributed by atoms with Gasteiger partial charge in [0.05, 0.1) is 6.10 Å². The Morgan fingerprint density at radius 1 is 1.38 bits per heavy atom. The second-order valence-corrected chi connectivity index (χ2v) is 5.58. The summed E-state index contributed by atoms with van der Waals surface area (Å²) in [5.41, 5.74) is 1.92. The van der Waals surface area contributed by atoms with Crippen LogP contribution in [0.4, 0.5) is 0 Å². The third kappa shape index (κ3) is 4.06. The number of hydrogen-bond acceptors (Lipinski definition) is 3. The van der Waals surface area contributed by atoms with Crippen molar-refractivity contribution >= 4 is 17.5 Å². The summed E-state index contributed by atoms with van der Waals surface area (Å²) in [5.74, 6) is -0.0372. The first kappa shape index (κ1) is 15.5. The molecule has 0 saturated carbocycles. The maximum atomic E-state index is 11.9. The molecule has 1 atom stereocenters. The van der Waals surface area contributed by atoms with E-state index in [2.05, 4.69) is 15.5 Å². The minimum atomic E-state index is -0.783. The number of hydrogen-bond donors (Lipinski definition) is 3. The summed E-state index contributed by atoms with van der Waals surface area (Å²) >= 11 is 5.79. The van der Waals surface area contributed by atoms with Crippen molar-refractivity contribution in [3.63, 3.8) is 0 Å². The van der Waals surface area contributed by atoms with Gasteiger partial charge < -0.3 is 10.4 Å². The molecule has 0 radical (unpaired) electrons. The summed E-state index contributed by atoms with van der Waals surface area (Å²) in [4.78, 5) is 11.9. The second kappa shape index (κ2) is 6.74. The molecule has 6 heteroatoms. The number of rotatable bonds is 5. The molecule has 0 aliphatic rings. The molecule has 0 bridgehead atoms. The molecule has 0 spiro atoms. The van der Waals surface area contributed by atoms with Crippen LogP contribution in [-0.2, 0) is 0 Å². The summed E-state index contributed by atoms with van der Waals surface area (Å²) < 4.78 is 0. The van der Waals surface area contributed by atoms with Gasteiger partial charge in [0, 0.05) is 17.3 Å². The minimum Gasteiger partial charge on any atom is -0.387 e. The molecule has 0 aliphatic heterocycles. The topological polar surface area (TPSA) is 78.0 Å². The lowest BCUT2D eigenvalue weighted by Gasteiger charge is -2.11. The highest BCUT2D eigenvalue weighted by Crippen LogP contribution is 2.16. The van der Waals surface area contributed by atoms with E-state index in [1.54, 1.807) is 30.3 Å². The Kier molecular flexibility index (Phi) is 4.98. The van der Waals surface area contributed by atoms with Gasteiger partial charge in [-0.3, -0.25) is 9.89 Å². The smallest absolute Gasteiger partial charge is 0.271 e. The Hall–Kier alpha value is -1.85. The normalized spacial score (nSPS) is 12.4. The molecule has 21 heavy (non-hydrogen) atoms. The van der Waals surface area contributed by atoms with Gasteiger partial charge in [0.2, 0.25) is 0 Å². The number of aromatic nitrogens is 2. The summed E-state index contributed by atoms with van der Waals surface area (Å²) in [6.45, 7) is 4.14. The zero-order valence-electron chi connectivity index (χ0n) is 11.9. The zero-order chi connectivity index (χ0) is 15.4. The zero-order valence-corrected chi connectivity index (χ0v) is 12.7. The maximum absolute atomic E-state index is 11.9. The minimum absolute atomic E-state index is 0.115. The lowest BCUT2D eigenvalue weighted by atomic mass is 10.1. The molecule has 1 unspecified atom stereocenters. The Morgan fingerprint density at radius 2 is 2.05 bits per heavy atom. The Morgan fingerprint density at radius 3 is 2.62 bits per heavy atom. The van der Waals surface area contributed by atoms with Crippen LogP contribution in [0.3, 0.4) is 0 Å². The molecule has 5 nitrogen and oxygen atoms in total. The van der Waals surface area contributed by atoms with Crippen molar-refractivity contribution in [2.45, 2.75) is 25.9 Å². The summed E-state index contributed by atoms with van der Waals surface area (Å²) in [7, 11) is 0. The average molecular weight is 308 g/mol. The summed E-state index contributed by atoms with van der Waals surface area (Å²) in [5, 5.41) is 20.1. The van der Waals surface area contributed by atoms with Gasteiger partial charge in [-0.1, -0.05) is 37.6 Å². The molecule has 1 aromatic carbocycles. The van der Waals surface area contributed by atoms with Crippen LogP contribution >= 0.6 is 11.6 Å². The fraction of sp³-hybridized carbons (Fsp3) is 0.333. The van der Waals surface area contributed by atoms with Gasteiger partial charge in [-0.25, -0.2) is 0 Å². The second-order valence-electron chi connectivity index (χ2n) is 5.14. The highest BCUT2D eigenvalue weighted by molar-refractivity contribution is 6.30. The highest BCUT2D eigenvalue weighted by atomic mass is 35.5. The molecule has 2 aromatic rings. The van der Waals surface area contributed by atoms with Crippen molar-refractivity contribution in [3.05, 3.63) is 52.3 Å². The maximum Gasteiger partial charge on any atom is 0.271 e. The predicted molar refractivity (Wildman–Crippen MR) is 81.4 cm³/mol. The van der Waals surface area contributed by atoms with E-state index in [0.29, 0.717) is 16.3 Å².